The van der Waals surface area contributed by atoms with E-state index in [1.807, 2.05) is 0 Å². The Labute approximate surface area is 388 Å². The molecule has 0 N–H and O–H groups in total. The maximum atomic E-state index is 2.51. The molecule has 11 aromatic carbocycles. The first-order chi connectivity index (χ1) is 31.9. The van der Waals surface area contributed by atoms with Gasteiger partial charge in [-0.2, -0.15) is 0 Å². The van der Waals surface area contributed by atoms with E-state index >= 15 is 0 Å². The molecule has 0 atom stereocenters. The SMILES string of the molecule is CC(C)(C)c1c2ccccc2c(-c2cccc3ccccc23)c2ccc(-c3cc(-c4ccc5c(c4)C(C)(C)c4ccccc4-5)cc(-c4cc5c6c(ccc7cccc(c76)C5(C)C)c4)c3)cc12. The van der Waals surface area contributed by atoms with Crippen molar-refractivity contribution in [1.82, 2.24) is 0 Å². The summed E-state index contributed by atoms with van der Waals surface area (Å²) in [7, 11) is 0. The van der Waals surface area contributed by atoms with Crippen LogP contribution in [-0.2, 0) is 16.2 Å². The van der Waals surface area contributed by atoms with E-state index < -0.39 is 0 Å². The molecular weight excluding hydrogens is 793 g/mol. The van der Waals surface area contributed by atoms with Gasteiger partial charge in [-0.25, -0.2) is 0 Å². The van der Waals surface area contributed by atoms with E-state index in [0.29, 0.717) is 0 Å². The lowest BCUT2D eigenvalue weighted by Crippen LogP contribution is -2.15. The summed E-state index contributed by atoms with van der Waals surface area (Å²) in [5, 5.41) is 13.2. The summed E-state index contributed by atoms with van der Waals surface area (Å²) in [6.07, 6.45) is 0. The maximum Gasteiger partial charge on any atom is 0.0159 e. The van der Waals surface area contributed by atoms with Crippen molar-refractivity contribution in [3.8, 4) is 55.6 Å². The molecule has 0 unspecified atom stereocenters. The smallest absolute Gasteiger partial charge is 0.0159 e. The van der Waals surface area contributed by atoms with Gasteiger partial charge in [0.1, 0.15) is 0 Å². The average molecular weight is 845 g/mol. The molecule has 0 bridgehead atoms. The first-order valence-corrected chi connectivity index (χ1v) is 23.7. The minimum atomic E-state index is -0.112. The fourth-order valence-electron chi connectivity index (χ4n) is 12.5. The van der Waals surface area contributed by atoms with Crippen molar-refractivity contribution in [3.63, 3.8) is 0 Å². The topological polar surface area (TPSA) is 0 Å². The lowest BCUT2D eigenvalue weighted by atomic mass is 9.77. The Hall–Kier alpha value is -7.28. The summed E-state index contributed by atoms with van der Waals surface area (Å²) in [5.74, 6) is 0. The second-order valence-electron chi connectivity index (χ2n) is 21.3. The van der Waals surface area contributed by atoms with Crippen LogP contribution in [0.4, 0.5) is 0 Å². The number of rotatable bonds is 4. The molecule has 0 heteroatoms. The van der Waals surface area contributed by atoms with Crippen LogP contribution in [0.5, 0.6) is 0 Å². The second kappa shape index (κ2) is 13.6. The molecule has 0 saturated carbocycles. The Bertz CT molecular complexity index is 3900. The van der Waals surface area contributed by atoms with Crippen LogP contribution in [0.1, 0.15) is 76.3 Å². The van der Waals surface area contributed by atoms with Crippen LogP contribution in [0.15, 0.2) is 188 Å². The second-order valence-corrected chi connectivity index (χ2v) is 21.3. The largest absolute Gasteiger partial charge is 0.0619 e. The van der Waals surface area contributed by atoms with E-state index in [2.05, 4.69) is 237 Å². The van der Waals surface area contributed by atoms with E-state index in [1.54, 1.807) is 0 Å². The maximum absolute atomic E-state index is 2.51. The fraction of sp³-hybridized carbons (Fsp3) is 0.152. The molecule has 0 heterocycles. The van der Waals surface area contributed by atoms with E-state index in [4.69, 9.17) is 0 Å². The zero-order chi connectivity index (χ0) is 44.9. The standard InChI is InChI=1S/C66H52/c1-64(2,3)63-54-22-11-10-21-52(54)62(51-23-14-17-39-16-8-9-19-48(39)51)53-31-29-41(36-55(53)63)44-33-45(42-28-30-50-49-20-12-13-24-56(49)65(4,5)58(50)37-42)35-46(34-44)47-32-43-27-26-40-18-15-25-57-60(40)61(43)59(38-47)66(57,6)7/h8-38H,1-7H3. The highest BCUT2D eigenvalue weighted by molar-refractivity contribution is 6.20. The van der Waals surface area contributed by atoms with Crippen LogP contribution in [-0.4, -0.2) is 0 Å². The van der Waals surface area contributed by atoms with Gasteiger partial charge in [0.05, 0.1) is 0 Å². The van der Waals surface area contributed by atoms with Crippen LogP contribution in [0.3, 0.4) is 0 Å². The van der Waals surface area contributed by atoms with Crippen molar-refractivity contribution in [2.24, 2.45) is 0 Å². The molecule has 66 heavy (non-hydrogen) atoms. The molecule has 0 saturated heterocycles. The van der Waals surface area contributed by atoms with Gasteiger partial charge in [0.25, 0.3) is 0 Å². The summed E-state index contributed by atoms with van der Waals surface area (Å²) in [6.45, 7) is 16.7. The number of fused-ring (bicyclic) bond motifs is 6. The van der Waals surface area contributed by atoms with Crippen molar-refractivity contribution >= 4 is 53.9 Å². The molecule has 316 valence electrons. The molecule has 13 rings (SSSR count). The van der Waals surface area contributed by atoms with Crippen molar-refractivity contribution in [3.05, 3.63) is 216 Å². The molecule has 0 amide bonds. The fourth-order valence-corrected chi connectivity index (χ4v) is 12.5. The first-order valence-electron chi connectivity index (χ1n) is 23.7. The molecule has 11 aromatic rings. The van der Waals surface area contributed by atoms with Gasteiger partial charge < -0.3 is 0 Å². The summed E-state index contributed by atoms with van der Waals surface area (Å²) in [4.78, 5) is 0. The minimum absolute atomic E-state index is 0.0942. The monoisotopic (exact) mass is 844 g/mol. The Kier molecular flexibility index (Phi) is 8.08. The van der Waals surface area contributed by atoms with Gasteiger partial charge in [0.2, 0.25) is 0 Å². The van der Waals surface area contributed by atoms with Gasteiger partial charge >= 0.3 is 0 Å². The molecule has 0 spiro atoms. The molecule has 2 aliphatic rings. The highest BCUT2D eigenvalue weighted by Crippen LogP contribution is 2.53. The van der Waals surface area contributed by atoms with E-state index in [-0.39, 0.29) is 16.2 Å². The molecule has 0 radical (unpaired) electrons. The lowest BCUT2D eigenvalue weighted by molar-refractivity contribution is 0.601. The molecule has 0 aromatic heterocycles. The predicted molar refractivity (Wildman–Crippen MR) is 284 cm³/mol. The summed E-state index contributed by atoms with van der Waals surface area (Å²) < 4.78 is 0. The molecule has 2 aliphatic carbocycles. The van der Waals surface area contributed by atoms with Crippen molar-refractivity contribution in [2.75, 3.05) is 0 Å². The summed E-state index contributed by atoms with van der Waals surface area (Å²) in [6, 6.07) is 72.0. The zero-order valence-electron chi connectivity index (χ0n) is 38.9. The highest BCUT2D eigenvalue weighted by atomic mass is 14.4. The van der Waals surface area contributed by atoms with E-state index in [1.165, 1.54) is 137 Å². The normalized spacial score (nSPS) is 14.5. The van der Waals surface area contributed by atoms with Crippen molar-refractivity contribution in [2.45, 2.75) is 64.7 Å². The minimum Gasteiger partial charge on any atom is -0.0619 e. The van der Waals surface area contributed by atoms with Crippen molar-refractivity contribution in [1.29, 1.82) is 0 Å². The van der Waals surface area contributed by atoms with Gasteiger partial charge in [0.15, 0.2) is 0 Å². The third-order valence-corrected chi connectivity index (χ3v) is 15.7. The lowest BCUT2D eigenvalue weighted by Gasteiger charge is -2.27. The quantitative estimate of drug-likeness (QED) is 0.122. The van der Waals surface area contributed by atoms with Crippen molar-refractivity contribution < 1.29 is 0 Å². The number of hydrogen-bond donors (Lipinski definition) is 0. The zero-order valence-corrected chi connectivity index (χ0v) is 38.9. The molecular formula is C66H52. The van der Waals surface area contributed by atoms with Crippen LogP contribution in [0, 0.1) is 0 Å². The Morgan fingerprint density at radius 2 is 0.818 bits per heavy atom. The average Bonchev–Trinajstić information content (AvgIpc) is 3.71. The van der Waals surface area contributed by atoms with Crippen LogP contribution in [0.25, 0.3) is 109 Å². The van der Waals surface area contributed by atoms with Crippen LogP contribution >= 0.6 is 0 Å². The Morgan fingerprint density at radius 3 is 1.62 bits per heavy atom. The predicted octanol–water partition coefficient (Wildman–Crippen LogP) is 18.4. The first kappa shape index (κ1) is 39.1. The van der Waals surface area contributed by atoms with Gasteiger partial charge in [-0.15, -0.1) is 0 Å². The summed E-state index contributed by atoms with van der Waals surface area (Å²) >= 11 is 0. The van der Waals surface area contributed by atoms with Gasteiger partial charge in [-0.1, -0.05) is 194 Å². The Balaban J connectivity index is 1.08. The number of benzene rings is 11. The molecule has 0 aliphatic heterocycles. The molecule has 0 fully saturated rings. The summed E-state index contributed by atoms with van der Waals surface area (Å²) in [5.41, 5.74) is 19.4. The molecule has 0 nitrogen and oxygen atoms in total. The van der Waals surface area contributed by atoms with Crippen LogP contribution < -0.4 is 0 Å². The van der Waals surface area contributed by atoms with Gasteiger partial charge in [-0.3, -0.25) is 0 Å². The van der Waals surface area contributed by atoms with E-state index in [9.17, 15) is 0 Å². The third-order valence-electron chi connectivity index (χ3n) is 15.7. The van der Waals surface area contributed by atoms with E-state index in [0.717, 1.165) is 0 Å². The Morgan fingerprint density at radius 1 is 0.303 bits per heavy atom. The number of hydrogen-bond acceptors (Lipinski definition) is 0. The third kappa shape index (κ3) is 5.51. The van der Waals surface area contributed by atoms with Gasteiger partial charge in [0, 0.05) is 10.8 Å². The van der Waals surface area contributed by atoms with Gasteiger partial charge in [-0.05, 0) is 185 Å². The highest BCUT2D eigenvalue weighted by Gasteiger charge is 2.36. The van der Waals surface area contributed by atoms with Crippen LogP contribution in [0.2, 0.25) is 0 Å².